The predicted molar refractivity (Wildman–Crippen MR) is 46.9 cm³/mol. The van der Waals surface area contributed by atoms with Crippen molar-refractivity contribution in [3.8, 4) is 6.07 Å². The van der Waals surface area contributed by atoms with Crippen molar-refractivity contribution in [1.82, 2.24) is 0 Å². The molecule has 2 heterocycles. The molecule has 2 saturated heterocycles. The summed E-state index contributed by atoms with van der Waals surface area (Å²) in [6.07, 6.45) is 3.42. The van der Waals surface area contributed by atoms with Gasteiger partial charge < -0.3 is 9.84 Å². The average Bonchev–Trinajstić information content (AvgIpc) is 2.62. The van der Waals surface area contributed by atoms with Crippen molar-refractivity contribution < 1.29 is 9.84 Å². The fraction of sp³-hybridized carbons (Fsp3) is 0.900. The van der Waals surface area contributed by atoms with E-state index in [1.54, 1.807) is 6.92 Å². The van der Waals surface area contributed by atoms with Crippen LogP contribution in [-0.2, 0) is 4.74 Å². The van der Waals surface area contributed by atoms with Crippen LogP contribution in [0, 0.1) is 16.7 Å². The second-order valence-electron chi connectivity index (χ2n) is 4.35. The largest absolute Gasteiger partial charge is 0.393 e. The van der Waals surface area contributed by atoms with Crippen LogP contribution in [0.3, 0.4) is 0 Å². The Bertz CT molecular complexity index is 246. The summed E-state index contributed by atoms with van der Waals surface area (Å²) in [5, 5.41) is 18.5. The van der Waals surface area contributed by atoms with Gasteiger partial charge in [0.25, 0.3) is 0 Å². The molecule has 2 aliphatic heterocycles. The lowest BCUT2D eigenvalue weighted by Crippen LogP contribution is -2.33. The molecule has 13 heavy (non-hydrogen) atoms. The van der Waals surface area contributed by atoms with E-state index in [1.165, 1.54) is 0 Å². The molecular formula is C10H15NO2. The first kappa shape index (κ1) is 8.98. The van der Waals surface area contributed by atoms with E-state index in [9.17, 15) is 5.11 Å². The molecule has 0 saturated carbocycles. The van der Waals surface area contributed by atoms with Crippen LogP contribution in [0.5, 0.6) is 0 Å². The molecule has 72 valence electrons. The van der Waals surface area contributed by atoms with Crippen LogP contribution in [-0.4, -0.2) is 23.4 Å². The molecule has 4 unspecified atom stereocenters. The minimum atomic E-state index is -0.400. The van der Waals surface area contributed by atoms with Gasteiger partial charge in [-0.15, -0.1) is 0 Å². The molecule has 0 aromatic carbocycles. The summed E-state index contributed by atoms with van der Waals surface area (Å²) < 4.78 is 5.65. The Morgan fingerprint density at radius 3 is 2.85 bits per heavy atom. The Hall–Kier alpha value is -0.590. The molecule has 0 amide bonds. The van der Waals surface area contributed by atoms with E-state index in [4.69, 9.17) is 10.00 Å². The van der Waals surface area contributed by atoms with Crippen LogP contribution >= 0.6 is 0 Å². The first-order chi connectivity index (χ1) is 6.16. The van der Waals surface area contributed by atoms with E-state index >= 15 is 0 Å². The number of nitrogens with zero attached hydrogens (tertiary/aromatic N) is 1. The summed E-state index contributed by atoms with van der Waals surface area (Å²) in [6, 6.07) is 2.36. The predicted octanol–water partition coefficient (Wildman–Crippen LogP) is 1.22. The highest BCUT2D eigenvalue weighted by Gasteiger charge is 2.53. The van der Waals surface area contributed by atoms with Gasteiger partial charge in [-0.2, -0.15) is 5.26 Å². The second-order valence-corrected chi connectivity index (χ2v) is 4.35. The highest BCUT2D eigenvalue weighted by Crippen LogP contribution is 2.49. The molecule has 0 aromatic rings. The number of hydrogen-bond donors (Lipinski definition) is 1. The Morgan fingerprint density at radius 2 is 2.46 bits per heavy atom. The van der Waals surface area contributed by atoms with Gasteiger partial charge in [-0.25, -0.2) is 0 Å². The van der Waals surface area contributed by atoms with E-state index in [2.05, 4.69) is 6.07 Å². The lowest BCUT2D eigenvalue weighted by Gasteiger charge is -2.29. The van der Waals surface area contributed by atoms with Crippen molar-refractivity contribution in [2.75, 3.05) is 0 Å². The fourth-order valence-corrected chi connectivity index (χ4v) is 2.71. The molecule has 2 rings (SSSR count). The summed E-state index contributed by atoms with van der Waals surface area (Å²) in [7, 11) is 0. The van der Waals surface area contributed by atoms with Crippen molar-refractivity contribution in [2.24, 2.45) is 5.41 Å². The van der Waals surface area contributed by atoms with Crippen molar-refractivity contribution in [1.29, 1.82) is 5.26 Å². The zero-order valence-corrected chi connectivity index (χ0v) is 7.86. The maximum absolute atomic E-state index is 9.33. The van der Waals surface area contributed by atoms with E-state index < -0.39 is 11.5 Å². The van der Waals surface area contributed by atoms with E-state index in [-0.39, 0.29) is 12.2 Å². The highest BCUT2D eigenvalue weighted by atomic mass is 16.5. The lowest BCUT2D eigenvalue weighted by atomic mass is 9.72. The number of fused-ring (bicyclic) bond motifs is 2. The third-order valence-electron chi connectivity index (χ3n) is 3.20. The highest BCUT2D eigenvalue weighted by molar-refractivity contribution is 5.12. The maximum Gasteiger partial charge on any atom is 0.0884 e. The number of ether oxygens (including phenoxy) is 1. The van der Waals surface area contributed by atoms with E-state index in [0.717, 1.165) is 19.3 Å². The van der Waals surface area contributed by atoms with Crippen LogP contribution in [0.2, 0.25) is 0 Å². The zero-order valence-electron chi connectivity index (χ0n) is 7.86. The van der Waals surface area contributed by atoms with Crippen LogP contribution in [0.15, 0.2) is 0 Å². The molecule has 2 aliphatic rings. The van der Waals surface area contributed by atoms with Gasteiger partial charge in [0.1, 0.15) is 0 Å². The Kier molecular flexibility index (Phi) is 2.05. The van der Waals surface area contributed by atoms with Gasteiger partial charge in [0.2, 0.25) is 0 Å². The quantitative estimate of drug-likeness (QED) is 0.696. The minimum absolute atomic E-state index is 0.0806. The van der Waals surface area contributed by atoms with Gasteiger partial charge in [-0.05, 0) is 32.6 Å². The van der Waals surface area contributed by atoms with Gasteiger partial charge >= 0.3 is 0 Å². The zero-order chi connectivity index (χ0) is 9.47. The number of nitriles is 1. The first-order valence-corrected chi connectivity index (χ1v) is 4.91. The Balaban J connectivity index is 2.14. The van der Waals surface area contributed by atoms with Gasteiger partial charge in [0.15, 0.2) is 0 Å². The molecule has 0 radical (unpaired) electrons. The van der Waals surface area contributed by atoms with Crippen LogP contribution < -0.4 is 0 Å². The number of aliphatic hydroxyl groups excluding tert-OH is 1. The standard InChI is InChI=1S/C10H15NO2/c1-7(12)4-10(6-11)5-8-2-3-9(10)13-8/h7-9,12H,2-5H2,1H3. The molecule has 0 aromatic heterocycles. The molecule has 0 aliphatic carbocycles. The van der Waals surface area contributed by atoms with Gasteiger partial charge in [0.05, 0.1) is 29.8 Å². The van der Waals surface area contributed by atoms with Crippen molar-refractivity contribution in [3.63, 3.8) is 0 Å². The Labute approximate surface area is 78.3 Å². The SMILES string of the molecule is CC(O)CC1(C#N)CC2CCC1O2. The molecule has 2 fully saturated rings. The first-order valence-electron chi connectivity index (χ1n) is 4.91. The lowest BCUT2D eigenvalue weighted by molar-refractivity contribution is 0.0561. The third kappa shape index (κ3) is 1.34. The summed E-state index contributed by atoms with van der Waals surface area (Å²) in [6.45, 7) is 1.74. The molecule has 2 bridgehead atoms. The summed E-state index contributed by atoms with van der Waals surface area (Å²) in [4.78, 5) is 0. The summed E-state index contributed by atoms with van der Waals surface area (Å²) in [5.41, 5.74) is -0.392. The molecule has 3 nitrogen and oxygen atoms in total. The number of hydrogen-bond acceptors (Lipinski definition) is 3. The van der Waals surface area contributed by atoms with Gasteiger partial charge in [0, 0.05) is 0 Å². The average molecular weight is 181 g/mol. The molecule has 4 atom stereocenters. The normalized spacial score (nSPS) is 44.7. The minimum Gasteiger partial charge on any atom is -0.393 e. The van der Waals surface area contributed by atoms with E-state index in [0.29, 0.717) is 6.42 Å². The van der Waals surface area contributed by atoms with Crippen molar-refractivity contribution in [2.45, 2.75) is 50.9 Å². The van der Waals surface area contributed by atoms with Gasteiger partial charge in [-0.3, -0.25) is 0 Å². The maximum atomic E-state index is 9.33. The van der Waals surface area contributed by atoms with E-state index in [1.807, 2.05) is 0 Å². The molecule has 0 spiro atoms. The Morgan fingerprint density at radius 1 is 1.69 bits per heavy atom. The second kappa shape index (κ2) is 2.97. The van der Waals surface area contributed by atoms with Crippen molar-refractivity contribution >= 4 is 0 Å². The topological polar surface area (TPSA) is 53.2 Å². The van der Waals surface area contributed by atoms with Crippen LogP contribution in [0.4, 0.5) is 0 Å². The smallest absolute Gasteiger partial charge is 0.0884 e. The molecular weight excluding hydrogens is 166 g/mol. The van der Waals surface area contributed by atoms with Crippen LogP contribution in [0.1, 0.15) is 32.6 Å². The summed E-state index contributed by atoms with van der Waals surface area (Å²) in [5.74, 6) is 0. The number of rotatable bonds is 2. The third-order valence-corrected chi connectivity index (χ3v) is 3.20. The molecule has 3 heteroatoms. The monoisotopic (exact) mass is 181 g/mol. The molecule has 1 N–H and O–H groups in total. The van der Waals surface area contributed by atoms with Crippen molar-refractivity contribution in [3.05, 3.63) is 0 Å². The number of aliphatic hydroxyl groups is 1. The van der Waals surface area contributed by atoms with Crippen LogP contribution in [0.25, 0.3) is 0 Å². The summed E-state index contributed by atoms with van der Waals surface area (Å²) >= 11 is 0. The fourth-order valence-electron chi connectivity index (χ4n) is 2.71. The van der Waals surface area contributed by atoms with Gasteiger partial charge in [-0.1, -0.05) is 0 Å².